The molecule has 1 aliphatic rings. The van der Waals surface area contributed by atoms with Crippen LogP contribution in [0.4, 0.5) is 0 Å². The van der Waals surface area contributed by atoms with Crippen molar-refractivity contribution in [2.45, 2.75) is 19.3 Å². The van der Waals surface area contributed by atoms with E-state index in [2.05, 4.69) is 196 Å². The summed E-state index contributed by atoms with van der Waals surface area (Å²) >= 11 is 0. The minimum atomic E-state index is -0.102. The minimum Gasteiger partial charge on any atom is -0.456 e. The van der Waals surface area contributed by atoms with Gasteiger partial charge in [0.05, 0.1) is 0 Å². The lowest BCUT2D eigenvalue weighted by molar-refractivity contribution is 0.658. The zero-order valence-corrected chi connectivity index (χ0v) is 33.8. The SMILES string of the molecule is CC1(C)c2ccccc2-c2cc3oc4ccc(-c5c6ccccc6c(-c6cccc(-c7ccc8c(c7)oc7ccccc78)c6)c6ccc(-c7ccccc7)cc56)cc4c3cc21. The van der Waals surface area contributed by atoms with Crippen LogP contribution in [0.15, 0.2) is 203 Å². The summed E-state index contributed by atoms with van der Waals surface area (Å²) in [6, 6.07) is 70.8. The molecular weight excluding hydrogens is 741 g/mol. The second kappa shape index (κ2) is 12.7. The Labute approximate surface area is 352 Å². The molecule has 0 radical (unpaired) electrons. The first-order valence-corrected chi connectivity index (χ1v) is 21.1. The van der Waals surface area contributed by atoms with Crippen LogP contribution in [0.5, 0.6) is 0 Å². The summed E-state index contributed by atoms with van der Waals surface area (Å²) < 4.78 is 13.0. The maximum Gasteiger partial charge on any atom is 0.136 e. The van der Waals surface area contributed by atoms with Gasteiger partial charge < -0.3 is 8.83 Å². The summed E-state index contributed by atoms with van der Waals surface area (Å²) in [5.41, 5.74) is 18.3. The van der Waals surface area contributed by atoms with Crippen molar-refractivity contribution in [3.63, 3.8) is 0 Å². The Morgan fingerprint density at radius 2 is 0.803 bits per heavy atom. The van der Waals surface area contributed by atoms with Crippen LogP contribution in [0.25, 0.3) is 121 Å². The van der Waals surface area contributed by atoms with Crippen molar-refractivity contribution in [2.24, 2.45) is 0 Å². The molecule has 2 heteroatoms. The van der Waals surface area contributed by atoms with Gasteiger partial charge in [-0.25, -0.2) is 0 Å². The highest BCUT2D eigenvalue weighted by Crippen LogP contribution is 2.52. The van der Waals surface area contributed by atoms with E-state index in [1.54, 1.807) is 0 Å². The Morgan fingerprint density at radius 3 is 1.64 bits per heavy atom. The topological polar surface area (TPSA) is 26.3 Å². The molecule has 1 aliphatic carbocycles. The van der Waals surface area contributed by atoms with E-state index in [4.69, 9.17) is 8.83 Å². The summed E-state index contributed by atoms with van der Waals surface area (Å²) in [6.45, 7) is 4.69. The second-order valence-corrected chi connectivity index (χ2v) is 17.2. The fourth-order valence-corrected chi connectivity index (χ4v) is 10.5. The average molecular weight is 779 g/mol. The number of rotatable bonds is 4. The first-order chi connectivity index (χ1) is 30.0. The Morgan fingerprint density at radius 1 is 0.279 bits per heavy atom. The fourth-order valence-electron chi connectivity index (χ4n) is 10.5. The van der Waals surface area contributed by atoms with Crippen LogP contribution in [0.2, 0.25) is 0 Å². The molecule has 10 aromatic carbocycles. The van der Waals surface area contributed by atoms with Crippen LogP contribution in [0.1, 0.15) is 25.0 Å². The normalized spacial score (nSPS) is 13.2. The molecule has 12 aromatic rings. The lowest BCUT2D eigenvalue weighted by Crippen LogP contribution is -2.14. The van der Waals surface area contributed by atoms with Gasteiger partial charge in [0.25, 0.3) is 0 Å². The van der Waals surface area contributed by atoms with Crippen LogP contribution < -0.4 is 0 Å². The summed E-state index contributed by atoms with van der Waals surface area (Å²) in [7, 11) is 0. The van der Waals surface area contributed by atoms with Crippen molar-refractivity contribution >= 4 is 65.4 Å². The molecule has 2 nitrogen and oxygen atoms in total. The molecule has 2 heterocycles. The molecule has 2 aromatic heterocycles. The monoisotopic (exact) mass is 778 g/mol. The van der Waals surface area contributed by atoms with Gasteiger partial charge in [-0.3, -0.25) is 0 Å². The summed E-state index contributed by atoms with van der Waals surface area (Å²) in [5, 5.41) is 9.44. The highest BCUT2D eigenvalue weighted by atomic mass is 16.3. The van der Waals surface area contributed by atoms with E-state index in [0.717, 1.165) is 55.0 Å². The van der Waals surface area contributed by atoms with Crippen LogP contribution in [-0.2, 0) is 5.41 Å². The number of benzene rings is 10. The minimum absolute atomic E-state index is 0.102. The van der Waals surface area contributed by atoms with Crippen molar-refractivity contribution in [1.29, 1.82) is 0 Å². The largest absolute Gasteiger partial charge is 0.456 e. The summed E-state index contributed by atoms with van der Waals surface area (Å²) in [5.74, 6) is 0. The van der Waals surface area contributed by atoms with E-state index in [1.807, 2.05) is 12.1 Å². The first kappa shape index (κ1) is 34.2. The Kier molecular flexibility index (Phi) is 7.10. The standard InChI is InChI=1S/C59H38O2/c1-59(2)51-21-10-8-17-41(51)47-34-56-49(33-52(47)59)48-31-40(25-28-54(48)61-56)58-45-20-7-6-19-44(45)57(46-27-24-37(30-50(46)58)35-13-4-3-5-14-35)39-16-12-15-36(29-39)38-23-26-43-42-18-9-11-22-53(42)60-55(43)32-38/h3-34H,1-2H3. The van der Waals surface area contributed by atoms with Gasteiger partial charge in [-0.05, 0) is 143 Å². The third-order valence-corrected chi connectivity index (χ3v) is 13.5. The van der Waals surface area contributed by atoms with Gasteiger partial charge in [0.1, 0.15) is 22.3 Å². The van der Waals surface area contributed by atoms with Gasteiger partial charge in [-0.2, -0.15) is 0 Å². The van der Waals surface area contributed by atoms with E-state index in [9.17, 15) is 0 Å². The Hall–Kier alpha value is -7.68. The van der Waals surface area contributed by atoms with Crippen LogP contribution in [-0.4, -0.2) is 0 Å². The smallest absolute Gasteiger partial charge is 0.136 e. The van der Waals surface area contributed by atoms with E-state index < -0.39 is 0 Å². The maximum atomic E-state index is 6.66. The molecule has 0 aliphatic heterocycles. The predicted octanol–water partition coefficient (Wildman–Crippen LogP) is 16.8. The van der Waals surface area contributed by atoms with Crippen molar-refractivity contribution in [3.05, 3.63) is 205 Å². The van der Waals surface area contributed by atoms with Gasteiger partial charge in [-0.1, -0.05) is 153 Å². The third-order valence-electron chi connectivity index (χ3n) is 13.5. The molecule has 0 bridgehead atoms. The van der Waals surface area contributed by atoms with E-state index in [1.165, 1.54) is 77.2 Å². The molecular formula is C59H38O2. The molecule has 0 saturated carbocycles. The molecule has 0 unspecified atom stereocenters. The second-order valence-electron chi connectivity index (χ2n) is 17.2. The van der Waals surface area contributed by atoms with Crippen molar-refractivity contribution in [3.8, 4) is 55.6 Å². The number of fused-ring (bicyclic) bond motifs is 11. The number of furan rings is 2. The fraction of sp³-hybridized carbons (Fsp3) is 0.0508. The quantitative estimate of drug-likeness (QED) is 0.166. The number of para-hydroxylation sites is 1. The molecule has 13 rings (SSSR count). The van der Waals surface area contributed by atoms with Gasteiger partial charge in [0, 0.05) is 27.0 Å². The van der Waals surface area contributed by atoms with Crippen molar-refractivity contribution in [2.75, 3.05) is 0 Å². The highest BCUT2D eigenvalue weighted by Gasteiger charge is 2.36. The van der Waals surface area contributed by atoms with Gasteiger partial charge in [0.15, 0.2) is 0 Å². The van der Waals surface area contributed by atoms with Gasteiger partial charge >= 0.3 is 0 Å². The van der Waals surface area contributed by atoms with Crippen LogP contribution >= 0.6 is 0 Å². The van der Waals surface area contributed by atoms with Crippen LogP contribution in [0.3, 0.4) is 0 Å². The number of hydrogen-bond donors (Lipinski definition) is 0. The Bertz CT molecular complexity index is 3780. The molecule has 0 fully saturated rings. The zero-order chi connectivity index (χ0) is 40.4. The summed E-state index contributed by atoms with van der Waals surface area (Å²) in [6.07, 6.45) is 0. The maximum absolute atomic E-state index is 6.66. The van der Waals surface area contributed by atoms with Crippen molar-refractivity contribution < 1.29 is 8.83 Å². The lowest BCUT2D eigenvalue weighted by atomic mass is 9.82. The first-order valence-electron chi connectivity index (χ1n) is 21.1. The Balaban J connectivity index is 1.04. The molecule has 0 spiro atoms. The third kappa shape index (κ3) is 5.03. The van der Waals surface area contributed by atoms with E-state index in [0.29, 0.717) is 0 Å². The molecule has 0 saturated heterocycles. The van der Waals surface area contributed by atoms with E-state index >= 15 is 0 Å². The molecule has 0 N–H and O–H groups in total. The van der Waals surface area contributed by atoms with Crippen molar-refractivity contribution in [1.82, 2.24) is 0 Å². The van der Waals surface area contributed by atoms with Crippen LogP contribution in [0, 0.1) is 0 Å². The molecule has 61 heavy (non-hydrogen) atoms. The lowest BCUT2D eigenvalue weighted by Gasteiger charge is -2.21. The molecule has 0 atom stereocenters. The number of hydrogen-bond acceptors (Lipinski definition) is 2. The van der Waals surface area contributed by atoms with E-state index in [-0.39, 0.29) is 5.41 Å². The highest BCUT2D eigenvalue weighted by molar-refractivity contribution is 6.23. The molecule has 286 valence electrons. The zero-order valence-electron chi connectivity index (χ0n) is 33.8. The van der Waals surface area contributed by atoms with Gasteiger partial charge in [0.2, 0.25) is 0 Å². The predicted molar refractivity (Wildman–Crippen MR) is 255 cm³/mol. The average Bonchev–Trinajstić information content (AvgIpc) is 3.94. The summed E-state index contributed by atoms with van der Waals surface area (Å²) in [4.78, 5) is 0. The molecule has 0 amide bonds. The van der Waals surface area contributed by atoms with Gasteiger partial charge in [-0.15, -0.1) is 0 Å².